The van der Waals surface area contributed by atoms with Crippen LogP contribution in [0, 0.1) is 5.92 Å². The van der Waals surface area contributed by atoms with Crippen LogP contribution in [0.1, 0.15) is 42.9 Å². The molecule has 0 saturated heterocycles. The van der Waals surface area contributed by atoms with Crippen molar-refractivity contribution in [3.63, 3.8) is 0 Å². The number of rotatable bonds is 14. The van der Waals surface area contributed by atoms with Gasteiger partial charge in [0.25, 0.3) is 0 Å². The summed E-state index contributed by atoms with van der Waals surface area (Å²) in [5.74, 6) is -3.92. The molecular formula is C24H35N2O7PS. The second-order valence-corrected chi connectivity index (χ2v) is 13.2. The predicted octanol–water partition coefficient (Wildman–Crippen LogP) is 3.13. The van der Waals surface area contributed by atoms with Crippen LogP contribution in [0.25, 0.3) is 0 Å². The maximum atomic E-state index is 13.4. The molecule has 11 heteroatoms. The Morgan fingerprint density at radius 1 is 1.14 bits per heavy atom. The summed E-state index contributed by atoms with van der Waals surface area (Å²) in [7, 11) is -6.60. The number of nitrogens with two attached hydrogens (primary N) is 1. The smallest absolute Gasteiger partial charge is 0.311 e. The summed E-state index contributed by atoms with van der Waals surface area (Å²) >= 11 is 0. The third-order valence-corrected chi connectivity index (χ3v) is 9.83. The first-order valence-electron chi connectivity index (χ1n) is 11.3. The van der Waals surface area contributed by atoms with Gasteiger partial charge in [-0.2, -0.15) is 0 Å². The number of carboxylic acids is 1. The molecule has 2 aromatic rings. The van der Waals surface area contributed by atoms with E-state index in [-0.39, 0.29) is 12.3 Å². The van der Waals surface area contributed by atoms with Crippen molar-refractivity contribution in [3.05, 3.63) is 65.2 Å². The molecule has 0 saturated carbocycles. The zero-order chi connectivity index (χ0) is 26.2. The molecule has 3 atom stereocenters. The van der Waals surface area contributed by atoms with Crippen LogP contribution in [-0.4, -0.2) is 49.2 Å². The molecule has 0 fully saturated rings. The van der Waals surface area contributed by atoms with E-state index in [9.17, 15) is 27.8 Å². The Kier molecular flexibility index (Phi) is 10.5. The number of benzene rings is 2. The van der Waals surface area contributed by atoms with Gasteiger partial charge >= 0.3 is 5.97 Å². The topological polar surface area (TPSA) is 156 Å². The first-order valence-corrected chi connectivity index (χ1v) is 14.9. The van der Waals surface area contributed by atoms with Crippen molar-refractivity contribution < 1.29 is 32.5 Å². The number of carboxylic acid groups (broad SMARTS) is 1. The largest absolute Gasteiger partial charge is 0.497 e. The number of methoxy groups -OCH3 is 1. The molecule has 0 aliphatic carbocycles. The summed E-state index contributed by atoms with van der Waals surface area (Å²) in [6.45, 7) is 3.44. The normalized spacial score (nSPS) is 15.4. The van der Waals surface area contributed by atoms with Crippen molar-refractivity contribution in [2.45, 2.75) is 44.9 Å². The maximum absolute atomic E-state index is 13.4. The van der Waals surface area contributed by atoms with Crippen molar-refractivity contribution in [3.8, 4) is 5.75 Å². The van der Waals surface area contributed by atoms with Crippen LogP contribution < -0.4 is 15.2 Å². The van der Waals surface area contributed by atoms with Crippen LogP contribution in [0.3, 0.4) is 0 Å². The average molecular weight is 527 g/mol. The minimum atomic E-state index is -4.27. The lowest BCUT2D eigenvalue weighted by Gasteiger charge is -2.29. The molecule has 0 heterocycles. The number of aryl methyl sites for hydroxylation is 1. The monoisotopic (exact) mass is 526 g/mol. The van der Waals surface area contributed by atoms with Gasteiger partial charge in [-0.05, 0) is 47.6 Å². The number of carbonyl (C=O) groups is 1. The number of nitrogens with one attached hydrogen (secondary N) is 1. The molecule has 0 bridgehead atoms. The van der Waals surface area contributed by atoms with E-state index in [1.807, 2.05) is 12.1 Å². The zero-order valence-corrected chi connectivity index (χ0v) is 22.0. The highest BCUT2D eigenvalue weighted by atomic mass is 32.2. The lowest BCUT2D eigenvalue weighted by Crippen LogP contribution is -2.41. The van der Waals surface area contributed by atoms with Crippen molar-refractivity contribution in [1.29, 1.82) is 0 Å². The lowest BCUT2D eigenvalue weighted by atomic mass is 9.99. The Balaban J connectivity index is 2.12. The fraction of sp³-hybridized carbons (Fsp3) is 0.458. The molecule has 2 aromatic carbocycles. The maximum Gasteiger partial charge on any atom is 0.311 e. The Morgan fingerprint density at radius 2 is 1.80 bits per heavy atom. The molecule has 0 spiro atoms. The van der Waals surface area contributed by atoms with Gasteiger partial charge in [0.2, 0.25) is 17.4 Å². The molecule has 194 valence electrons. The third kappa shape index (κ3) is 8.74. The number of hydrogen-bond acceptors (Lipinski definition) is 6. The zero-order valence-electron chi connectivity index (χ0n) is 20.3. The van der Waals surface area contributed by atoms with Gasteiger partial charge in [-0.3, -0.25) is 9.36 Å². The highest BCUT2D eigenvalue weighted by Gasteiger charge is 2.40. The number of sulfonamides is 1. The van der Waals surface area contributed by atoms with Crippen LogP contribution in [0.2, 0.25) is 0 Å². The molecule has 0 aromatic heterocycles. The Hall–Kier alpha value is -2.23. The van der Waals surface area contributed by atoms with Gasteiger partial charge < -0.3 is 20.5 Å². The molecule has 0 radical (unpaired) electrons. The number of ether oxygens (including phenoxy) is 1. The Morgan fingerprint density at radius 3 is 2.34 bits per heavy atom. The highest BCUT2D eigenvalue weighted by molar-refractivity contribution is 7.89. The number of hydrogen-bond donors (Lipinski definition) is 4. The van der Waals surface area contributed by atoms with E-state index < -0.39 is 47.1 Å². The highest BCUT2D eigenvalue weighted by Crippen LogP contribution is 2.51. The van der Waals surface area contributed by atoms with Gasteiger partial charge in [-0.25, -0.2) is 13.1 Å². The van der Waals surface area contributed by atoms with Crippen LogP contribution in [-0.2, 0) is 32.3 Å². The summed E-state index contributed by atoms with van der Waals surface area (Å²) in [5.41, 5.74) is 7.62. The van der Waals surface area contributed by atoms with Crippen LogP contribution in [0.15, 0.2) is 48.5 Å². The van der Waals surface area contributed by atoms with Gasteiger partial charge in [-0.15, -0.1) is 0 Å². The van der Waals surface area contributed by atoms with Gasteiger partial charge in [0, 0.05) is 12.7 Å². The fourth-order valence-electron chi connectivity index (χ4n) is 3.82. The van der Waals surface area contributed by atoms with E-state index in [1.165, 1.54) is 0 Å². The standard InChI is InChI=1S/C24H35N2O7PS/c1-17(2)23(26-35(31,32)13-5-7-18-9-11-21(33-3)12-10-18)34(29,30)16-22(24(27)28)20-8-4-6-19(14-20)15-25/h4,6,8-12,14,17,22-23,26H,5,7,13,15-16,25H2,1-3H3,(H,27,28)(H,29,30). The van der Waals surface area contributed by atoms with Gasteiger partial charge in [0.1, 0.15) is 11.5 Å². The van der Waals surface area contributed by atoms with Crippen molar-refractivity contribution in [2.75, 3.05) is 19.0 Å². The van der Waals surface area contributed by atoms with Crippen LogP contribution in [0.5, 0.6) is 5.75 Å². The fourth-order valence-corrected chi connectivity index (χ4v) is 8.30. The van der Waals surface area contributed by atoms with Crippen molar-refractivity contribution >= 4 is 23.4 Å². The molecule has 5 N–H and O–H groups in total. The van der Waals surface area contributed by atoms with Gasteiger partial charge in [-0.1, -0.05) is 50.2 Å². The summed E-state index contributed by atoms with van der Waals surface area (Å²) in [6.07, 6.45) is 0.214. The second-order valence-electron chi connectivity index (χ2n) is 8.86. The first kappa shape index (κ1) is 29.0. The SMILES string of the molecule is COc1ccc(CCCS(=O)(=O)NC(C(C)C)P(=O)(O)CC(C(=O)O)c2cccc(CN)c2)cc1. The van der Waals surface area contributed by atoms with E-state index in [1.54, 1.807) is 57.4 Å². The first-order chi connectivity index (χ1) is 16.4. The van der Waals surface area contributed by atoms with E-state index >= 15 is 0 Å². The molecule has 0 aliphatic rings. The summed E-state index contributed by atoms with van der Waals surface area (Å²) in [6, 6.07) is 13.8. The summed E-state index contributed by atoms with van der Waals surface area (Å²) < 4.78 is 46.4. The molecule has 2 rings (SSSR count). The van der Waals surface area contributed by atoms with E-state index in [0.29, 0.717) is 29.7 Å². The summed E-state index contributed by atoms with van der Waals surface area (Å²) in [5, 5.41) is 9.75. The third-order valence-electron chi connectivity index (χ3n) is 5.74. The number of aliphatic carboxylic acids is 1. The van der Waals surface area contributed by atoms with Crippen molar-refractivity contribution in [1.82, 2.24) is 4.72 Å². The van der Waals surface area contributed by atoms with E-state index in [2.05, 4.69) is 4.72 Å². The molecule has 9 nitrogen and oxygen atoms in total. The molecule has 0 amide bonds. The van der Waals surface area contributed by atoms with Gasteiger partial charge in [0.05, 0.1) is 18.8 Å². The van der Waals surface area contributed by atoms with E-state index in [0.717, 1.165) is 5.56 Å². The van der Waals surface area contributed by atoms with Crippen LogP contribution >= 0.6 is 7.37 Å². The Bertz CT molecular complexity index is 1140. The molecule has 0 aliphatic heterocycles. The summed E-state index contributed by atoms with van der Waals surface area (Å²) in [4.78, 5) is 22.9. The van der Waals surface area contributed by atoms with E-state index in [4.69, 9.17) is 10.5 Å². The lowest BCUT2D eigenvalue weighted by molar-refractivity contribution is -0.138. The molecule has 3 unspecified atom stereocenters. The second kappa shape index (κ2) is 12.6. The van der Waals surface area contributed by atoms with Crippen LogP contribution in [0.4, 0.5) is 0 Å². The minimum Gasteiger partial charge on any atom is -0.497 e. The predicted molar refractivity (Wildman–Crippen MR) is 136 cm³/mol. The van der Waals surface area contributed by atoms with Gasteiger partial charge in [0.15, 0.2) is 0 Å². The Labute approximate surface area is 207 Å². The average Bonchev–Trinajstić information content (AvgIpc) is 2.81. The minimum absolute atomic E-state index is 0.196. The molecule has 35 heavy (non-hydrogen) atoms. The molecular weight excluding hydrogens is 491 g/mol. The quantitative estimate of drug-likeness (QED) is 0.274. The van der Waals surface area contributed by atoms with Crippen molar-refractivity contribution in [2.24, 2.45) is 11.7 Å².